The van der Waals surface area contributed by atoms with Crippen LogP contribution in [0.15, 0.2) is 35.9 Å². The van der Waals surface area contributed by atoms with E-state index in [-0.39, 0.29) is 5.16 Å². The molecule has 1 N–H and O–H groups in total. The van der Waals surface area contributed by atoms with Crippen LogP contribution in [-0.2, 0) is 29.3 Å². The Labute approximate surface area is 139 Å². The molecule has 0 saturated carbocycles. The highest BCUT2D eigenvalue weighted by atomic mass is 32.2. The van der Waals surface area contributed by atoms with Crippen molar-refractivity contribution >= 4 is 20.9 Å². The van der Waals surface area contributed by atoms with Gasteiger partial charge in [0.1, 0.15) is 5.65 Å². The minimum atomic E-state index is -3.36. The lowest BCUT2D eigenvalue weighted by Gasteiger charge is -2.27. The Morgan fingerprint density at radius 3 is 3.04 bits per heavy atom. The van der Waals surface area contributed by atoms with Gasteiger partial charge in [-0.05, 0) is 17.7 Å². The first-order valence-corrected chi connectivity index (χ1v) is 9.58. The van der Waals surface area contributed by atoms with Gasteiger partial charge in [0.05, 0.1) is 5.69 Å². The van der Waals surface area contributed by atoms with Crippen molar-refractivity contribution in [3.05, 3.63) is 47.5 Å². The Bertz CT molecular complexity index is 1010. The number of nitrogens with one attached hydrogen (secondary N) is 1. The van der Waals surface area contributed by atoms with E-state index in [0.29, 0.717) is 6.54 Å². The summed E-state index contributed by atoms with van der Waals surface area (Å²) >= 11 is 0. The molecule has 8 heteroatoms. The summed E-state index contributed by atoms with van der Waals surface area (Å²) in [5, 5.41) is 1.05. The van der Waals surface area contributed by atoms with Crippen molar-refractivity contribution in [2.75, 3.05) is 12.8 Å². The lowest BCUT2D eigenvalue weighted by Crippen LogP contribution is -2.31. The Kier molecular flexibility index (Phi) is 3.58. The molecule has 0 spiro atoms. The molecule has 0 unspecified atom stereocenters. The smallest absolute Gasteiger partial charge is 0.246 e. The van der Waals surface area contributed by atoms with Crippen molar-refractivity contribution in [2.45, 2.75) is 24.7 Å². The van der Waals surface area contributed by atoms with Crippen LogP contribution >= 0.6 is 0 Å². The van der Waals surface area contributed by atoms with Crippen molar-refractivity contribution in [3.63, 3.8) is 0 Å². The zero-order chi connectivity index (χ0) is 16.7. The molecular formula is C16H17N5O2S. The molecule has 0 aliphatic carbocycles. The fraction of sp³-hybridized carbons (Fsp3) is 0.312. The zero-order valence-electron chi connectivity index (χ0n) is 13.2. The lowest BCUT2D eigenvalue weighted by atomic mass is 10.1. The summed E-state index contributed by atoms with van der Waals surface area (Å²) in [7, 11) is -3.36. The van der Waals surface area contributed by atoms with E-state index in [0.717, 1.165) is 48.1 Å². The fourth-order valence-corrected chi connectivity index (χ4v) is 3.57. The molecule has 0 atom stereocenters. The van der Waals surface area contributed by atoms with Crippen LogP contribution in [0, 0.1) is 0 Å². The van der Waals surface area contributed by atoms with Crippen molar-refractivity contribution < 1.29 is 8.42 Å². The number of aromatic nitrogens is 4. The molecule has 0 radical (unpaired) electrons. The van der Waals surface area contributed by atoms with Crippen LogP contribution in [0.25, 0.3) is 11.0 Å². The first kappa shape index (κ1) is 15.2. The summed E-state index contributed by atoms with van der Waals surface area (Å²) in [6, 6.07) is 4.00. The van der Waals surface area contributed by atoms with E-state index >= 15 is 0 Å². The molecule has 24 heavy (non-hydrogen) atoms. The van der Waals surface area contributed by atoms with Gasteiger partial charge in [-0.25, -0.2) is 23.4 Å². The van der Waals surface area contributed by atoms with Crippen LogP contribution in [-0.4, -0.2) is 46.1 Å². The molecule has 4 heterocycles. The molecular weight excluding hydrogens is 326 g/mol. The quantitative estimate of drug-likeness (QED) is 0.721. The molecule has 124 valence electrons. The number of hydrogen-bond donors (Lipinski definition) is 1. The standard InChI is InChI=1S/C16H17N5O2S/c1-24(22,23)16-19-8-12-10-21(6-4-14(12)20-16)9-11-7-18-15-13(11)3-2-5-17-15/h2-3,5,7-8H,4,6,9-10H2,1H3,(H,17,18). The summed E-state index contributed by atoms with van der Waals surface area (Å²) in [4.78, 5) is 18.0. The second kappa shape index (κ2) is 5.64. The number of nitrogens with zero attached hydrogens (tertiary/aromatic N) is 4. The minimum Gasteiger partial charge on any atom is -0.346 e. The van der Waals surface area contributed by atoms with Gasteiger partial charge < -0.3 is 4.98 Å². The van der Waals surface area contributed by atoms with E-state index in [1.807, 2.05) is 12.3 Å². The maximum absolute atomic E-state index is 11.6. The Balaban J connectivity index is 1.56. The van der Waals surface area contributed by atoms with Gasteiger partial charge in [-0.1, -0.05) is 0 Å². The van der Waals surface area contributed by atoms with Gasteiger partial charge >= 0.3 is 0 Å². The Morgan fingerprint density at radius 2 is 2.21 bits per heavy atom. The van der Waals surface area contributed by atoms with Crippen molar-refractivity contribution in [1.82, 2.24) is 24.8 Å². The second-order valence-electron chi connectivity index (χ2n) is 6.07. The van der Waals surface area contributed by atoms with Gasteiger partial charge in [0, 0.05) is 61.9 Å². The van der Waals surface area contributed by atoms with E-state index in [9.17, 15) is 8.42 Å². The predicted molar refractivity (Wildman–Crippen MR) is 89.1 cm³/mol. The molecule has 3 aromatic rings. The van der Waals surface area contributed by atoms with E-state index in [2.05, 4.69) is 30.9 Å². The van der Waals surface area contributed by atoms with Gasteiger partial charge in [0.25, 0.3) is 0 Å². The Hall–Kier alpha value is -2.32. The molecule has 0 saturated heterocycles. The van der Waals surface area contributed by atoms with Crippen LogP contribution in [0.3, 0.4) is 0 Å². The first-order chi connectivity index (χ1) is 11.5. The van der Waals surface area contributed by atoms with Crippen LogP contribution < -0.4 is 0 Å². The predicted octanol–water partition coefficient (Wildman–Crippen LogP) is 1.31. The van der Waals surface area contributed by atoms with Gasteiger partial charge in [-0.3, -0.25) is 4.90 Å². The maximum Gasteiger partial charge on any atom is 0.246 e. The van der Waals surface area contributed by atoms with E-state index in [4.69, 9.17) is 0 Å². The van der Waals surface area contributed by atoms with Crippen LogP contribution in [0.1, 0.15) is 16.8 Å². The number of hydrogen-bond acceptors (Lipinski definition) is 6. The molecule has 7 nitrogen and oxygen atoms in total. The summed E-state index contributed by atoms with van der Waals surface area (Å²) in [5.74, 6) is 0. The summed E-state index contributed by atoms with van der Waals surface area (Å²) in [6.07, 6.45) is 7.27. The molecule has 1 aliphatic rings. The van der Waals surface area contributed by atoms with Gasteiger partial charge in [-0.2, -0.15) is 0 Å². The third kappa shape index (κ3) is 2.78. The minimum absolute atomic E-state index is 0.0857. The van der Waals surface area contributed by atoms with Crippen molar-refractivity contribution in [3.8, 4) is 0 Å². The molecule has 0 bridgehead atoms. The largest absolute Gasteiger partial charge is 0.346 e. The molecule has 4 rings (SSSR count). The summed E-state index contributed by atoms with van der Waals surface area (Å²) in [5.41, 5.74) is 3.93. The highest BCUT2D eigenvalue weighted by Gasteiger charge is 2.21. The molecule has 3 aromatic heterocycles. The monoisotopic (exact) mass is 343 g/mol. The third-order valence-electron chi connectivity index (χ3n) is 4.25. The van der Waals surface area contributed by atoms with E-state index in [1.54, 1.807) is 12.4 Å². The van der Waals surface area contributed by atoms with E-state index < -0.39 is 9.84 Å². The second-order valence-corrected chi connectivity index (χ2v) is 7.98. The highest BCUT2D eigenvalue weighted by molar-refractivity contribution is 7.90. The number of H-pyrrole nitrogens is 1. The Morgan fingerprint density at radius 1 is 1.33 bits per heavy atom. The van der Waals surface area contributed by atoms with Crippen molar-refractivity contribution in [2.24, 2.45) is 0 Å². The number of sulfone groups is 1. The number of rotatable bonds is 3. The highest BCUT2D eigenvalue weighted by Crippen LogP contribution is 2.22. The molecule has 0 fully saturated rings. The maximum atomic E-state index is 11.6. The fourth-order valence-electron chi connectivity index (χ4n) is 3.05. The number of fused-ring (bicyclic) bond motifs is 2. The van der Waals surface area contributed by atoms with Gasteiger partial charge in [0.2, 0.25) is 15.0 Å². The SMILES string of the molecule is CS(=O)(=O)c1ncc2c(n1)CCN(Cc1c[nH]c3ncccc13)C2. The summed E-state index contributed by atoms with van der Waals surface area (Å²) < 4.78 is 23.1. The third-order valence-corrected chi connectivity index (χ3v) is 5.11. The van der Waals surface area contributed by atoms with Gasteiger partial charge in [0.15, 0.2) is 0 Å². The molecule has 0 aromatic carbocycles. The topological polar surface area (TPSA) is 91.8 Å². The zero-order valence-corrected chi connectivity index (χ0v) is 14.0. The van der Waals surface area contributed by atoms with Gasteiger partial charge in [-0.15, -0.1) is 0 Å². The molecule has 1 aliphatic heterocycles. The van der Waals surface area contributed by atoms with Crippen LogP contribution in [0.2, 0.25) is 0 Å². The van der Waals surface area contributed by atoms with Crippen molar-refractivity contribution in [1.29, 1.82) is 0 Å². The lowest BCUT2D eigenvalue weighted by molar-refractivity contribution is 0.243. The average Bonchev–Trinajstić information content (AvgIpc) is 2.97. The normalized spacial score (nSPS) is 15.5. The number of pyridine rings is 1. The van der Waals surface area contributed by atoms with Crippen LogP contribution in [0.5, 0.6) is 0 Å². The number of aromatic amines is 1. The molecule has 0 amide bonds. The first-order valence-electron chi connectivity index (χ1n) is 7.69. The summed E-state index contributed by atoms with van der Waals surface area (Å²) in [6.45, 7) is 2.35. The van der Waals surface area contributed by atoms with E-state index in [1.165, 1.54) is 5.56 Å². The average molecular weight is 343 g/mol. The van der Waals surface area contributed by atoms with Crippen LogP contribution in [0.4, 0.5) is 0 Å².